The Morgan fingerprint density at radius 2 is 1.77 bits per heavy atom. The van der Waals surface area contributed by atoms with Gasteiger partial charge in [0.05, 0.1) is 11.7 Å². The van der Waals surface area contributed by atoms with Crippen LogP contribution in [0.15, 0.2) is 28.7 Å². The number of rotatable bonds is 7. The molecule has 0 radical (unpaired) electrons. The molecule has 2 unspecified atom stereocenters. The summed E-state index contributed by atoms with van der Waals surface area (Å²) >= 11 is 3.26. The second-order valence-electron chi connectivity index (χ2n) is 5.14. The van der Waals surface area contributed by atoms with Crippen molar-refractivity contribution in [3.8, 4) is 0 Å². The fourth-order valence-corrected chi connectivity index (χ4v) is 3.27. The van der Waals surface area contributed by atoms with Gasteiger partial charge in [-0.15, -0.1) is 0 Å². The number of benzene rings is 1. The molecule has 0 aromatic heterocycles. The van der Waals surface area contributed by atoms with Gasteiger partial charge in [0.1, 0.15) is 5.75 Å². The number of carbonyl (C=O) groups excluding carboxylic acids is 1. The smallest absolute Gasteiger partial charge is 0.308 e. The average molecular weight is 392 g/mol. The van der Waals surface area contributed by atoms with Gasteiger partial charge in [0, 0.05) is 10.5 Å². The summed E-state index contributed by atoms with van der Waals surface area (Å²) in [6.45, 7) is 2.97. The van der Waals surface area contributed by atoms with Crippen LogP contribution in [0.2, 0.25) is 0 Å². The normalized spacial score (nSPS) is 14.1. The number of halogens is 1. The highest BCUT2D eigenvalue weighted by Crippen LogP contribution is 2.13. The third-order valence-corrected chi connectivity index (χ3v) is 5.18. The monoisotopic (exact) mass is 391 g/mol. The number of hydrogen-bond acceptors (Lipinski definition) is 4. The van der Waals surface area contributed by atoms with E-state index in [-0.39, 0.29) is 5.75 Å². The van der Waals surface area contributed by atoms with Crippen molar-refractivity contribution < 1.29 is 23.1 Å². The summed E-state index contributed by atoms with van der Waals surface area (Å²) in [4.78, 5) is 22.6. The molecule has 0 saturated carbocycles. The Balaban J connectivity index is 2.62. The van der Waals surface area contributed by atoms with Gasteiger partial charge in [-0.05, 0) is 31.5 Å². The van der Waals surface area contributed by atoms with E-state index >= 15 is 0 Å². The van der Waals surface area contributed by atoms with Crippen LogP contribution in [0.25, 0.3) is 0 Å². The van der Waals surface area contributed by atoms with Gasteiger partial charge in [-0.2, -0.15) is 0 Å². The fraction of sp³-hybridized carbons (Fsp3) is 0.429. The predicted octanol–water partition coefficient (Wildman–Crippen LogP) is 1.59. The minimum absolute atomic E-state index is 0.240. The molecule has 1 amide bonds. The highest BCUT2D eigenvalue weighted by molar-refractivity contribution is 9.10. The van der Waals surface area contributed by atoms with Gasteiger partial charge < -0.3 is 10.4 Å². The van der Waals surface area contributed by atoms with Crippen molar-refractivity contribution in [1.29, 1.82) is 0 Å². The first-order chi connectivity index (χ1) is 10.1. The summed E-state index contributed by atoms with van der Waals surface area (Å²) in [6.07, 6.45) is 0. The maximum atomic E-state index is 12.0. The molecule has 1 aromatic carbocycles. The van der Waals surface area contributed by atoms with Crippen LogP contribution in [0.5, 0.6) is 0 Å². The van der Waals surface area contributed by atoms with Crippen LogP contribution >= 0.6 is 15.9 Å². The third kappa shape index (κ3) is 6.15. The molecule has 0 saturated heterocycles. The summed E-state index contributed by atoms with van der Waals surface area (Å²) in [5.74, 6) is -3.45. The number of carbonyl (C=O) groups is 2. The van der Waals surface area contributed by atoms with Crippen molar-refractivity contribution in [2.75, 3.05) is 5.75 Å². The van der Waals surface area contributed by atoms with Crippen molar-refractivity contribution in [3.05, 3.63) is 34.3 Å². The molecule has 6 nitrogen and oxygen atoms in total. The standard InChI is InChI=1S/C14H18BrNO5S/c1-9(14(18)19)10(2)16-13(17)8-22(20,21)7-11-3-5-12(15)6-4-11/h3-6,9-10H,7-8H2,1-2H3,(H,16,17)(H,18,19). The number of carboxylic acids is 1. The van der Waals surface area contributed by atoms with Crippen LogP contribution in [-0.2, 0) is 25.2 Å². The molecule has 0 aliphatic rings. The van der Waals surface area contributed by atoms with Crippen molar-refractivity contribution in [3.63, 3.8) is 0 Å². The lowest BCUT2D eigenvalue weighted by Crippen LogP contribution is -2.42. The summed E-state index contributed by atoms with van der Waals surface area (Å²) < 4.78 is 24.8. The van der Waals surface area contributed by atoms with Crippen LogP contribution in [-0.4, -0.2) is 37.2 Å². The number of aliphatic carboxylic acids is 1. The Kier molecular flexibility index (Phi) is 6.55. The lowest BCUT2D eigenvalue weighted by atomic mass is 10.0. The molecule has 0 fully saturated rings. The first-order valence-corrected chi connectivity index (χ1v) is 9.19. The Hall–Kier alpha value is -1.41. The SMILES string of the molecule is CC(NC(=O)CS(=O)(=O)Cc1ccc(Br)cc1)C(C)C(=O)O. The van der Waals surface area contributed by atoms with Gasteiger partial charge in [-0.3, -0.25) is 9.59 Å². The van der Waals surface area contributed by atoms with Crippen molar-refractivity contribution in [2.24, 2.45) is 5.92 Å². The topological polar surface area (TPSA) is 101 Å². The van der Waals surface area contributed by atoms with Gasteiger partial charge >= 0.3 is 5.97 Å². The molecule has 0 heterocycles. The maximum Gasteiger partial charge on any atom is 0.308 e. The van der Waals surface area contributed by atoms with Crippen molar-refractivity contribution in [1.82, 2.24) is 5.32 Å². The zero-order valence-corrected chi connectivity index (χ0v) is 14.6. The molecule has 2 atom stereocenters. The molecule has 122 valence electrons. The van der Waals surface area contributed by atoms with Gasteiger partial charge in [0.15, 0.2) is 9.84 Å². The van der Waals surface area contributed by atoms with Crippen LogP contribution < -0.4 is 5.32 Å². The van der Waals surface area contributed by atoms with E-state index < -0.39 is 39.4 Å². The van der Waals surface area contributed by atoms with Crippen molar-refractivity contribution in [2.45, 2.75) is 25.6 Å². The van der Waals surface area contributed by atoms with Crippen LogP contribution in [0.1, 0.15) is 19.4 Å². The molecule has 0 spiro atoms. The molecular formula is C14H18BrNO5S. The lowest BCUT2D eigenvalue weighted by molar-refractivity contribution is -0.142. The summed E-state index contributed by atoms with van der Waals surface area (Å²) in [6, 6.07) is 6.12. The minimum Gasteiger partial charge on any atom is -0.481 e. The Bertz CT molecular complexity index is 642. The molecule has 0 bridgehead atoms. The highest BCUT2D eigenvalue weighted by atomic mass is 79.9. The number of sulfone groups is 1. The summed E-state index contributed by atoms with van der Waals surface area (Å²) in [7, 11) is -3.61. The summed E-state index contributed by atoms with van der Waals surface area (Å²) in [5.41, 5.74) is 0.586. The lowest BCUT2D eigenvalue weighted by Gasteiger charge is -2.17. The second kappa shape index (κ2) is 7.73. The van der Waals surface area contributed by atoms with Crippen LogP contribution in [0.3, 0.4) is 0 Å². The van der Waals surface area contributed by atoms with E-state index in [0.717, 1.165) is 4.47 Å². The molecule has 1 aromatic rings. The number of nitrogens with one attached hydrogen (secondary N) is 1. The predicted molar refractivity (Wildman–Crippen MR) is 86.0 cm³/mol. The Morgan fingerprint density at radius 3 is 2.27 bits per heavy atom. The van der Waals surface area contributed by atoms with E-state index in [9.17, 15) is 18.0 Å². The fourth-order valence-electron chi connectivity index (χ4n) is 1.72. The van der Waals surface area contributed by atoms with E-state index in [2.05, 4.69) is 21.2 Å². The average Bonchev–Trinajstić information content (AvgIpc) is 2.39. The number of hydrogen-bond donors (Lipinski definition) is 2. The van der Waals surface area contributed by atoms with Gasteiger partial charge in [0.25, 0.3) is 0 Å². The first-order valence-electron chi connectivity index (χ1n) is 6.58. The van der Waals surface area contributed by atoms with E-state index in [4.69, 9.17) is 5.11 Å². The third-order valence-electron chi connectivity index (χ3n) is 3.18. The molecule has 0 aliphatic carbocycles. The van der Waals surface area contributed by atoms with Gasteiger partial charge in [-0.25, -0.2) is 8.42 Å². The number of carboxylic acid groups (broad SMARTS) is 1. The first kappa shape index (κ1) is 18.6. The van der Waals surface area contributed by atoms with Gasteiger partial charge in [0.2, 0.25) is 5.91 Å². The highest BCUT2D eigenvalue weighted by Gasteiger charge is 2.23. The largest absolute Gasteiger partial charge is 0.481 e. The van der Waals surface area contributed by atoms with Gasteiger partial charge in [-0.1, -0.05) is 28.1 Å². The van der Waals surface area contributed by atoms with Crippen molar-refractivity contribution >= 4 is 37.6 Å². The summed E-state index contributed by atoms with van der Waals surface area (Å²) in [5, 5.41) is 11.2. The molecular weight excluding hydrogens is 374 g/mol. The van der Waals surface area contributed by atoms with Crippen LogP contribution in [0, 0.1) is 5.92 Å². The zero-order chi connectivity index (χ0) is 16.9. The molecule has 8 heteroatoms. The Labute approximate surface area is 138 Å². The van der Waals surface area contributed by atoms with E-state index in [0.29, 0.717) is 5.56 Å². The Morgan fingerprint density at radius 1 is 1.23 bits per heavy atom. The molecule has 0 aliphatic heterocycles. The van der Waals surface area contributed by atoms with Crippen LogP contribution in [0.4, 0.5) is 0 Å². The van der Waals surface area contributed by atoms with E-state index in [1.54, 1.807) is 24.3 Å². The second-order valence-corrected chi connectivity index (χ2v) is 8.12. The molecule has 22 heavy (non-hydrogen) atoms. The van der Waals surface area contributed by atoms with E-state index in [1.165, 1.54) is 13.8 Å². The molecule has 2 N–H and O–H groups in total. The zero-order valence-electron chi connectivity index (χ0n) is 12.2. The molecule has 1 rings (SSSR count). The minimum atomic E-state index is -3.61. The number of amides is 1. The maximum absolute atomic E-state index is 12.0. The van der Waals surface area contributed by atoms with E-state index in [1.807, 2.05) is 0 Å². The quantitative estimate of drug-likeness (QED) is 0.734.